The van der Waals surface area contributed by atoms with Crippen molar-refractivity contribution in [2.75, 3.05) is 12.8 Å². The fourth-order valence-electron chi connectivity index (χ4n) is 2.75. The molecule has 29 heavy (non-hydrogen) atoms. The molecule has 9 heteroatoms. The lowest BCUT2D eigenvalue weighted by molar-refractivity contribution is 0.0997. The van der Waals surface area contributed by atoms with Crippen molar-refractivity contribution in [3.63, 3.8) is 0 Å². The van der Waals surface area contributed by atoms with E-state index in [2.05, 4.69) is 4.98 Å². The molecule has 0 unspecified atom stereocenters. The van der Waals surface area contributed by atoms with Gasteiger partial charge in [-0.25, -0.2) is 4.39 Å². The molecular formula is C20H19ClFN3O4. The van der Waals surface area contributed by atoms with Crippen molar-refractivity contribution < 1.29 is 23.4 Å². The van der Waals surface area contributed by atoms with Crippen molar-refractivity contribution in [3.8, 4) is 23.0 Å². The van der Waals surface area contributed by atoms with E-state index in [4.69, 9.17) is 37.3 Å². The Bertz CT molecular complexity index is 1110. The molecular weight excluding hydrogens is 401 g/mol. The van der Waals surface area contributed by atoms with Crippen LogP contribution in [-0.4, -0.2) is 24.1 Å². The molecule has 1 aromatic heterocycles. The van der Waals surface area contributed by atoms with Gasteiger partial charge in [0.05, 0.1) is 30.0 Å². The number of hydrogen-bond donors (Lipinski definition) is 2. The third kappa shape index (κ3) is 3.97. The molecule has 4 N–H and O–H groups in total. The minimum Gasteiger partial charge on any atom is -0.496 e. The second-order valence-electron chi connectivity index (χ2n) is 6.43. The van der Waals surface area contributed by atoms with Crippen LogP contribution in [0.5, 0.6) is 23.0 Å². The summed E-state index contributed by atoms with van der Waals surface area (Å²) in [5.74, 6) is -1.22. The number of pyridine rings is 1. The van der Waals surface area contributed by atoms with Gasteiger partial charge in [-0.05, 0) is 26.0 Å². The summed E-state index contributed by atoms with van der Waals surface area (Å²) in [7, 11) is 1.41. The maximum absolute atomic E-state index is 14.7. The Labute approximate surface area is 171 Å². The maximum Gasteiger partial charge on any atom is 0.252 e. The van der Waals surface area contributed by atoms with Crippen LogP contribution >= 0.6 is 11.6 Å². The van der Waals surface area contributed by atoms with Gasteiger partial charge in [-0.2, -0.15) is 0 Å². The largest absolute Gasteiger partial charge is 0.496 e. The van der Waals surface area contributed by atoms with Crippen molar-refractivity contribution in [1.82, 2.24) is 4.98 Å². The van der Waals surface area contributed by atoms with E-state index in [1.54, 1.807) is 19.9 Å². The quantitative estimate of drug-likeness (QED) is 0.576. The zero-order valence-electron chi connectivity index (χ0n) is 16.0. The monoisotopic (exact) mass is 419 g/mol. The number of primary amides is 1. The SMILES string of the molecule is COc1cc2nccc(Oc3c(F)cc(N)c(Cl)c3OC(C)C)c2cc1C(N)=O. The van der Waals surface area contributed by atoms with Crippen LogP contribution in [0, 0.1) is 5.82 Å². The number of nitrogens with two attached hydrogens (primary N) is 2. The smallest absolute Gasteiger partial charge is 0.252 e. The number of halogens is 2. The van der Waals surface area contributed by atoms with Crippen LogP contribution in [0.3, 0.4) is 0 Å². The fourth-order valence-corrected chi connectivity index (χ4v) is 2.93. The zero-order valence-corrected chi connectivity index (χ0v) is 16.7. The molecule has 0 radical (unpaired) electrons. The number of amides is 1. The molecule has 0 saturated heterocycles. The number of ether oxygens (including phenoxy) is 3. The second kappa shape index (κ2) is 8.00. The standard InChI is InChI=1S/C20H19ClFN3O4/c1-9(2)28-19-17(21)13(23)7-12(22)18(19)29-15-4-5-25-14-8-16(27-3)11(20(24)26)6-10(14)15/h4-9H,23H2,1-3H3,(H2,24,26). The van der Waals surface area contributed by atoms with Crippen molar-refractivity contribution in [2.45, 2.75) is 20.0 Å². The Morgan fingerprint density at radius 3 is 2.55 bits per heavy atom. The number of benzene rings is 2. The van der Waals surface area contributed by atoms with E-state index >= 15 is 0 Å². The zero-order chi connectivity index (χ0) is 21.3. The average Bonchev–Trinajstić information content (AvgIpc) is 2.67. The van der Waals surface area contributed by atoms with E-state index < -0.39 is 11.7 Å². The summed E-state index contributed by atoms with van der Waals surface area (Å²) in [5.41, 5.74) is 11.8. The number of carbonyl (C=O) groups excluding carboxylic acids is 1. The highest BCUT2D eigenvalue weighted by atomic mass is 35.5. The van der Waals surface area contributed by atoms with Crippen LogP contribution < -0.4 is 25.7 Å². The van der Waals surface area contributed by atoms with Gasteiger partial charge < -0.3 is 25.7 Å². The van der Waals surface area contributed by atoms with Gasteiger partial charge in [0.15, 0.2) is 11.6 Å². The van der Waals surface area contributed by atoms with Crippen molar-refractivity contribution in [1.29, 1.82) is 0 Å². The van der Waals surface area contributed by atoms with Gasteiger partial charge >= 0.3 is 0 Å². The predicted octanol–water partition coefficient (Wildman–Crippen LogP) is 4.30. The average molecular weight is 420 g/mol. The van der Waals surface area contributed by atoms with Gasteiger partial charge in [-0.3, -0.25) is 9.78 Å². The molecule has 0 saturated carbocycles. The van der Waals surface area contributed by atoms with Gasteiger partial charge in [0.1, 0.15) is 16.5 Å². The highest BCUT2D eigenvalue weighted by molar-refractivity contribution is 6.34. The van der Waals surface area contributed by atoms with Gasteiger partial charge in [0.2, 0.25) is 5.75 Å². The lowest BCUT2D eigenvalue weighted by Crippen LogP contribution is -2.12. The maximum atomic E-state index is 14.7. The summed E-state index contributed by atoms with van der Waals surface area (Å²) in [6, 6.07) is 5.58. The van der Waals surface area contributed by atoms with Crippen molar-refractivity contribution in [2.24, 2.45) is 5.73 Å². The first-order valence-corrected chi connectivity index (χ1v) is 8.99. The van der Waals surface area contributed by atoms with Gasteiger partial charge in [-0.1, -0.05) is 11.6 Å². The van der Waals surface area contributed by atoms with Gasteiger partial charge in [0.25, 0.3) is 5.91 Å². The Balaban J connectivity index is 2.20. The summed E-state index contributed by atoms with van der Waals surface area (Å²) < 4.78 is 31.4. The molecule has 1 heterocycles. The molecule has 0 spiro atoms. The van der Waals surface area contributed by atoms with E-state index in [1.807, 2.05) is 0 Å². The highest BCUT2D eigenvalue weighted by Gasteiger charge is 2.22. The van der Waals surface area contributed by atoms with Crippen molar-refractivity contribution in [3.05, 3.63) is 46.9 Å². The van der Waals surface area contributed by atoms with E-state index in [0.717, 1.165) is 6.07 Å². The molecule has 0 aliphatic rings. The third-order valence-electron chi connectivity index (χ3n) is 4.01. The molecule has 152 valence electrons. The predicted molar refractivity (Wildman–Crippen MR) is 108 cm³/mol. The Kier molecular flexibility index (Phi) is 5.65. The number of methoxy groups -OCH3 is 1. The molecule has 0 aliphatic heterocycles. The molecule has 3 rings (SSSR count). The summed E-state index contributed by atoms with van der Waals surface area (Å²) in [5, 5.41) is 0.456. The van der Waals surface area contributed by atoms with Crippen LogP contribution in [0.1, 0.15) is 24.2 Å². The number of anilines is 1. The minimum atomic E-state index is -0.754. The fraction of sp³-hybridized carbons (Fsp3) is 0.200. The first-order valence-electron chi connectivity index (χ1n) is 8.61. The molecule has 0 atom stereocenters. The highest BCUT2D eigenvalue weighted by Crippen LogP contribution is 2.45. The molecule has 0 aliphatic carbocycles. The molecule has 2 aromatic carbocycles. The van der Waals surface area contributed by atoms with Crippen LogP contribution in [0.2, 0.25) is 5.02 Å². The van der Waals surface area contributed by atoms with Crippen LogP contribution in [0.25, 0.3) is 10.9 Å². The van der Waals surface area contributed by atoms with E-state index in [0.29, 0.717) is 10.9 Å². The Hall–Kier alpha value is -3.26. The van der Waals surface area contributed by atoms with E-state index in [1.165, 1.54) is 25.4 Å². The van der Waals surface area contributed by atoms with E-state index in [-0.39, 0.29) is 45.4 Å². The van der Waals surface area contributed by atoms with Crippen molar-refractivity contribution >= 4 is 34.1 Å². The lowest BCUT2D eigenvalue weighted by atomic mass is 10.1. The van der Waals surface area contributed by atoms with Crippen LogP contribution in [0.15, 0.2) is 30.5 Å². The summed E-state index contributed by atoms with van der Waals surface area (Å²) in [6.45, 7) is 3.52. The molecule has 0 fully saturated rings. The Morgan fingerprint density at radius 1 is 1.21 bits per heavy atom. The summed E-state index contributed by atoms with van der Waals surface area (Å²) in [6.07, 6.45) is 1.16. The van der Waals surface area contributed by atoms with Gasteiger partial charge in [-0.15, -0.1) is 0 Å². The normalized spacial score (nSPS) is 11.0. The van der Waals surface area contributed by atoms with E-state index in [9.17, 15) is 9.18 Å². The Morgan fingerprint density at radius 2 is 1.93 bits per heavy atom. The molecule has 3 aromatic rings. The topological polar surface area (TPSA) is 110 Å². The lowest BCUT2D eigenvalue weighted by Gasteiger charge is -2.18. The number of hydrogen-bond acceptors (Lipinski definition) is 6. The first-order chi connectivity index (χ1) is 13.7. The van der Waals surface area contributed by atoms with Crippen LogP contribution in [0.4, 0.5) is 10.1 Å². The number of fused-ring (bicyclic) bond motifs is 1. The molecule has 7 nitrogen and oxygen atoms in total. The number of nitrogen functional groups attached to an aromatic ring is 1. The second-order valence-corrected chi connectivity index (χ2v) is 6.81. The molecule has 1 amide bonds. The number of aromatic nitrogens is 1. The number of carbonyl (C=O) groups is 1. The summed E-state index contributed by atoms with van der Waals surface area (Å²) >= 11 is 6.22. The van der Waals surface area contributed by atoms with Gasteiger partial charge in [0, 0.05) is 23.7 Å². The third-order valence-corrected chi connectivity index (χ3v) is 4.40. The molecule has 0 bridgehead atoms. The number of nitrogens with zero attached hydrogens (tertiary/aromatic N) is 1. The first kappa shape index (κ1) is 20.5. The minimum absolute atomic E-state index is 0.0206. The summed E-state index contributed by atoms with van der Waals surface area (Å²) in [4.78, 5) is 16.0. The number of rotatable bonds is 6. The van der Waals surface area contributed by atoms with Crippen LogP contribution in [-0.2, 0) is 0 Å².